The van der Waals surface area contributed by atoms with E-state index >= 15 is 0 Å². The number of rotatable bonds is 8. The Morgan fingerprint density at radius 3 is 2.48 bits per heavy atom. The predicted octanol–water partition coefficient (Wildman–Crippen LogP) is 3.28. The van der Waals surface area contributed by atoms with Crippen molar-refractivity contribution in [1.82, 2.24) is 5.32 Å². The Balaban J connectivity index is 1.76. The number of hydrogen-bond donors (Lipinski definition) is 1. The highest BCUT2D eigenvalue weighted by Crippen LogP contribution is 2.21. The minimum absolute atomic E-state index is 0.293. The predicted molar refractivity (Wildman–Crippen MR) is 102 cm³/mol. The summed E-state index contributed by atoms with van der Waals surface area (Å²) in [5.74, 6) is 0.259. The van der Waals surface area contributed by atoms with Gasteiger partial charge in [-0.3, -0.25) is 4.79 Å². The summed E-state index contributed by atoms with van der Waals surface area (Å²) >= 11 is 5.87. The van der Waals surface area contributed by atoms with Crippen molar-refractivity contribution in [3.05, 3.63) is 58.6 Å². The second kappa shape index (κ2) is 9.83. The van der Waals surface area contributed by atoms with Crippen LogP contribution in [0.5, 0.6) is 11.5 Å². The van der Waals surface area contributed by atoms with Crippen molar-refractivity contribution in [2.75, 3.05) is 13.7 Å². The van der Waals surface area contributed by atoms with Gasteiger partial charge in [0, 0.05) is 11.6 Å². The number of halogens is 1. The number of nitrogens with one attached hydrogen (secondary N) is 1. The van der Waals surface area contributed by atoms with Crippen molar-refractivity contribution in [2.24, 2.45) is 0 Å². The number of ether oxygens (including phenoxy) is 3. The molecular formula is C20H22ClNO5. The molecule has 0 aliphatic heterocycles. The van der Waals surface area contributed by atoms with E-state index in [9.17, 15) is 9.59 Å². The fourth-order valence-electron chi connectivity index (χ4n) is 2.27. The van der Waals surface area contributed by atoms with Crippen molar-refractivity contribution in [2.45, 2.75) is 26.5 Å². The zero-order chi connectivity index (χ0) is 19.8. The summed E-state index contributed by atoms with van der Waals surface area (Å²) in [5, 5.41) is 3.31. The minimum Gasteiger partial charge on any atom is -0.497 e. The SMILES string of the molecule is COc1ccc(CNC(=O)[C@H](C)OC(=O)COc2ccc(Cl)cc2C)cc1. The maximum atomic E-state index is 12.1. The van der Waals surface area contributed by atoms with E-state index < -0.39 is 12.1 Å². The molecule has 1 atom stereocenters. The van der Waals surface area contributed by atoms with Gasteiger partial charge < -0.3 is 19.5 Å². The van der Waals surface area contributed by atoms with Gasteiger partial charge in [-0.25, -0.2) is 4.79 Å². The van der Waals surface area contributed by atoms with Gasteiger partial charge in [-0.1, -0.05) is 23.7 Å². The fraction of sp³-hybridized carbons (Fsp3) is 0.300. The first-order valence-electron chi connectivity index (χ1n) is 8.38. The van der Waals surface area contributed by atoms with Crippen LogP contribution in [0.15, 0.2) is 42.5 Å². The van der Waals surface area contributed by atoms with Crippen LogP contribution in [-0.2, 0) is 20.9 Å². The van der Waals surface area contributed by atoms with E-state index in [2.05, 4.69) is 5.32 Å². The molecular weight excluding hydrogens is 370 g/mol. The van der Waals surface area contributed by atoms with Crippen molar-refractivity contribution < 1.29 is 23.8 Å². The average Bonchev–Trinajstić information content (AvgIpc) is 2.65. The number of hydrogen-bond acceptors (Lipinski definition) is 5. The Morgan fingerprint density at radius 1 is 1.15 bits per heavy atom. The molecule has 0 aliphatic carbocycles. The number of methoxy groups -OCH3 is 1. The lowest BCUT2D eigenvalue weighted by molar-refractivity contribution is -0.156. The van der Waals surface area contributed by atoms with Crippen LogP contribution in [0, 0.1) is 6.92 Å². The van der Waals surface area contributed by atoms with Crippen LogP contribution < -0.4 is 14.8 Å². The first-order valence-corrected chi connectivity index (χ1v) is 8.76. The Labute approximate surface area is 163 Å². The highest BCUT2D eigenvalue weighted by molar-refractivity contribution is 6.30. The first-order chi connectivity index (χ1) is 12.9. The molecule has 0 saturated carbocycles. The summed E-state index contributed by atoms with van der Waals surface area (Å²) in [5.41, 5.74) is 1.71. The van der Waals surface area contributed by atoms with Crippen molar-refractivity contribution >= 4 is 23.5 Å². The Hall–Kier alpha value is -2.73. The minimum atomic E-state index is -0.925. The highest BCUT2D eigenvalue weighted by Gasteiger charge is 2.18. The van der Waals surface area contributed by atoms with E-state index in [-0.39, 0.29) is 12.5 Å². The molecule has 0 aromatic heterocycles. The molecule has 2 aromatic rings. The number of benzene rings is 2. The standard InChI is InChI=1S/C20H22ClNO5/c1-13-10-16(21)6-9-18(13)26-12-19(23)27-14(2)20(24)22-11-15-4-7-17(25-3)8-5-15/h4-10,14H,11-12H2,1-3H3,(H,22,24)/t14-/m0/s1. The summed E-state index contributed by atoms with van der Waals surface area (Å²) in [6.45, 7) is 3.36. The zero-order valence-corrected chi connectivity index (χ0v) is 16.2. The molecule has 0 aliphatic rings. The van der Waals surface area contributed by atoms with Crippen molar-refractivity contribution in [1.29, 1.82) is 0 Å². The molecule has 0 unspecified atom stereocenters. The summed E-state index contributed by atoms with van der Waals surface area (Å²) in [4.78, 5) is 24.0. The Morgan fingerprint density at radius 2 is 1.85 bits per heavy atom. The van der Waals surface area contributed by atoms with E-state index in [1.807, 2.05) is 19.1 Å². The molecule has 1 amide bonds. The number of carbonyl (C=O) groups is 2. The van der Waals surface area contributed by atoms with Gasteiger partial charge in [0.15, 0.2) is 12.7 Å². The second-order valence-electron chi connectivity index (χ2n) is 5.90. The van der Waals surface area contributed by atoms with Crippen LogP contribution in [0.3, 0.4) is 0 Å². The molecule has 0 fully saturated rings. The molecule has 2 aromatic carbocycles. The molecule has 0 saturated heterocycles. The lowest BCUT2D eigenvalue weighted by atomic mass is 10.2. The molecule has 0 spiro atoms. The monoisotopic (exact) mass is 391 g/mol. The van der Waals surface area contributed by atoms with Crippen LogP contribution in [0.4, 0.5) is 0 Å². The number of amides is 1. The summed E-state index contributed by atoms with van der Waals surface area (Å²) in [7, 11) is 1.59. The van der Waals surface area contributed by atoms with Gasteiger partial charge in [0.25, 0.3) is 5.91 Å². The van der Waals surface area contributed by atoms with Gasteiger partial charge >= 0.3 is 5.97 Å². The van der Waals surface area contributed by atoms with Gasteiger partial charge in [0.1, 0.15) is 11.5 Å². The van der Waals surface area contributed by atoms with Gasteiger partial charge in [-0.2, -0.15) is 0 Å². The van der Waals surface area contributed by atoms with Crippen LogP contribution >= 0.6 is 11.6 Å². The molecule has 27 heavy (non-hydrogen) atoms. The molecule has 144 valence electrons. The van der Waals surface area contributed by atoms with Gasteiger partial charge in [0.05, 0.1) is 7.11 Å². The second-order valence-corrected chi connectivity index (χ2v) is 6.33. The first kappa shape index (κ1) is 20.6. The van der Waals surface area contributed by atoms with Crippen molar-refractivity contribution in [3.63, 3.8) is 0 Å². The van der Waals surface area contributed by atoms with E-state index in [0.717, 1.165) is 16.9 Å². The maximum absolute atomic E-state index is 12.1. The zero-order valence-electron chi connectivity index (χ0n) is 15.5. The lowest BCUT2D eigenvalue weighted by Gasteiger charge is -2.14. The Bertz CT molecular complexity index is 791. The Kier molecular flexibility index (Phi) is 7.49. The number of esters is 1. The summed E-state index contributed by atoms with van der Waals surface area (Å²) in [6, 6.07) is 12.4. The molecule has 0 bridgehead atoms. The third-order valence-corrected chi connectivity index (χ3v) is 4.02. The normalized spacial score (nSPS) is 11.4. The number of carbonyl (C=O) groups excluding carboxylic acids is 2. The van der Waals surface area contributed by atoms with Gasteiger partial charge in [0.2, 0.25) is 0 Å². The van der Waals surface area contributed by atoms with Crippen LogP contribution in [0.25, 0.3) is 0 Å². The lowest BCUT2D eigenvalue weighted by Crippen LogP contribution is -2.36. The van der Waals surface area contributed by atoms with Crippen LogP contribution in [0.2, 0.25) is 5.02 Å². The smallest absolute Gasteiger partial charge is 0.344 e. The molecule has 6 nitrogen and oxygen atoms in total. The highest BCUT2D eigenvalue weighted by atomic mass is 35.5. The van der Waals surface area contributed by atoms with E-state index in [1.54, 1.807) is 37.4 Å². The van der Waals surface area contributed by atoms with Crippen LogP contribution in [-0.4, -0.2) is 31.7 Å². The third-order valence-electron chi connectivity index (χ3n) is 3.79. The maximum Gasteiger partial charge on any atom is 0.344 e. The molecule has 0 radical (unpaired) electrons. The average molecular weight is 392 g/mol. The van der Waals surface area contributed by atoms with Crippen molar-refractivity contribution in [3.8, 4) is 11.5 Å². The summed E-state index contributed by atoms with van der Waals surface area (Å²) < 4.78 is 15.6. The molecule has 7 heteroatoms. The molecule has 1 N–H and O–H groups in total. The topological polar surface area (TPSA) is 73.9 Å². The van der Waals surface area contributed by atoms with Gasteiger partial charge in [-0.15, -0.1) is 0 Å². The quantitative estimate of drug-likeness (QED) is 0.699. The van der Waals surface area contributed by atoms with Gasteiger partial charge in [-0.05, 0) is 55.3 Å². The van der Waals surface area contributed by atoms with E-state index in [0.29, 0.717) is 17.3 Å². The fourth-order valence-corrected chi connectivity index (χ4v) is 2.50. The molecule has 0 heterocycles. The molecule has 2 rings (SSSR count). The summed E-state index contributed by atoms with van der Waals surface area (Å²) in [6.07, 6.45) is -0.925. The number of aryl methyl sites for hydroxylation is 1. The third kappa shape index (κ3) is 6.49. The van der Waals surface area contributed by atoms with Crippen LogP contribution in [0.1, 0.15) is 18.1 Å². The largest absolute Gasteiger partial charge is 0.497 e. The van der Waals surface area contributed by atoms with E-state index in [4.69, 9.17) is 25.8 Å². The van der Waals surface area contributed by atoms with E-state index in [1.165, 1.54) is 6.92 Å².